The Morgan fingerprint density at radius 2 is 1.71 bits per heavy atom. The highest BCUT2D eigenvalue weighted by molar-refractivity contribution is 5.94. The molecular weight excluding hydrogens is 272 g/mol. The fourth-order valence-electron chi connectivity index (χ4n) is 2.23. The average molecular weight is 290 g/mol. The van der Waals surface area contributed by atoms with Gasteiger partial charge in [-0.3, -0.25) is 4.79 Å². The molecule has 0 unspecified atom stereocenters. The lowest BCUT2D eigenvalue weighted by molar-refractivity contribution is -0.132. The van der Waals surface area contributed by atoms with Gasteiger partial charge in [-0.25, -0.2) is 4.79 Å². The highest BCUT2D eigenvalue weighted by Crippen LogP contribution is 2.20. The summed E-state index contributed by atoms with van der Waals surface area (Å²) in [6.45, 7) is 2.60. The van der Waals surface area contributed by atoms with Crippen molar-refractivity contribution in [2.75, 3.05) is 38.2 Å². The van der Waals surface area contributed by atoms with Crippen molar-refractivity contribution in [1.29, 1.82) is 0 Å². The molecule has 0 aliphatic carbocycles. The van der Waals surface area contributed by atoms with E-state index in [1.807, 2.05) is 24.3 Å². The molecule has 6 nitrogen and oxygen atoms in total. The predicted molar refractivity (Wildman–Crippen MR) is 78.6 cm³/mol. The Balaban J connectivity index is 1.90. The van der Waals surface area contributed by atoms with E-state index in [1.54, 1.807) is 12.0 Å². The van der Waals surface area contributed by atoms with Crippen LogP contribution in [0.15, 0.2) is 36.4 Å². The SMILES string of the molecule is COc1ccc(N2CCN(C(=O)/C=C/C(=O)O)CC2)cc1. The summed E-state index contributed by atoms with van der Waals surface area (Å²) in [5, 5.41) is 8.52. The highest BCUT2D eigenvalue weighted by Gasteiger charge is 2.19. The van der Waals surface area contributed by atoms with Crippen molar-refractivity contribution in [1.82, 2.24) is 4.90 Å². The number of anilines is 1. The number of ether oxygens (including phenoxy) is 1. The van der Waals surface area contributed by atoms with E-state index in [9.17, 15) is 9.59 Å². The van der Waals surface area contributed by atoms with E-state index in [0.29, 0.717) is 13.1 Å². The molecule has 1 aromatic rings. The average Bonchev–Trinajstić information content (AvgIpc) is 2.53. The normalized spacial score (nSPS) is 15.3. The molecule has 1 N–H and O–H groups in total. The first-order chi connectivity index (χ1) is 10.1. The second-order valence-electron chi connectivity index (χ2n) is 4.68. The van der Waals surface area contributed by atoms with E-state index >= 15 is 0 Å². The fourth-order valence-corrected chi connectivity index (χ4v) is 2.23. The number of nitrogens with zero attached hydrogens (tertiary/aromatic N) is 2. The quantitative estimate of drug-likeness (QED) is 0.837. The Bertz CT molecular complexity index is 531. The minimum Gasteiger partial charge on any atom is -0.497 e. The molecule has 0 bridgehead atoms. The Hall–Kier alpha value is -2.50. The number of benzene rings is 1. The van der Waals surface area contributed by atoms with Crippen molar-refractivity contribution in [3.8, 4) is 5.75 Å². The number of methoxy groups -OCH3 is 1. The summed E-state index contributed by atoms with van der Waals surface area (Å²) >= 11 is 0. The van der Waals surface area contributed by atoms with Crippen LogP contribution in [0, 0.1) is 0 Å². The number of rotatable bonds is 4. The topological polar surface area (TPSA) is 70.1 Å². The molecule has 1 heterocycles. The van der Waals surface area contributed by atoms with Crippen LogP contribution in [-0.4, -0.2) is 55.2 Å². The molecule has 0 saturated carbocycles. The van der Waals surface area contributed by atoms with Crippen LogP contribution in [0.5, 0.6) is 5.75 Å². The first-order valence-electron chi connectivity index (χ1n) is 6.69. The molecule has 1 aliphatic heterocycles. The summed E-state index contributed by atoms with van der Waals surface area (Å²) in [7, 11) is 1.63. The first-order valence-corrected chi connectivity index (χ1v) is 6.69. The van der Waals surface area contributed by atoms with Crippen LogP contribution < -0.4 is 9.64 Å². The van der Waals surface area contributed by atoms with Crippen LogP contribution in [0.2, 0.25) is 0 Å². The van der Waals surface area contributed by atoms with Gasteiger partial charge in [0.05, 0.1) is 7.11 Å². The number of aliphatic carboxylic acids is 1. The minimum atomic E-state index is -1.11. The lowest BCUT2D eigenvalue weighted by atomic mass is 10.2. The van der Waals surface area contributed by atoms with E-state index in [1.165, 1.54) is 0 Å². The molecule has 21 heavy (non-hydrogen) atoms. The van der Waals surface area contributed by atoms with Gasteiger partial charge in [0.2, 0.25) is 5.91 Å². The standard InChI is InChI=1S/C15H18N2O4/c1-21-13-4-2-12(3-5-13)16-8-10-17(11-9-16)14(18)6-7-15(19)20/h2-7H,8-11H2,1H3,(H,19,20)/b7-6+. The molecule has 0 spiro atoms. The summed E-state index contributed by atoms with van der Waals surface area (Å²) in [4.78, 5) is 26.0. The van der Waals surface area contributed by atoms with Gasteiger partial charge in [-0.1, -0.05) is 0 Å². The first kappa shape index (κ1) is 14.9. The maximum absolute atomic E-state index is 11.8. The summed E-state index contributed by atoms with van der Waals surface area (Å²) in [5.74, 6) is -0.557. The molecule has 0 aromatic heterocycles. The Kier molecular flexibility index (Phi) is 4.81. The van der Waals surface area contributed by atoms with Crippen molar-refractivity contribution in [3.63, 3.8) is 0 Å². The molecule has 1 fully saturated rings. The number of hydrogen-bond donors (Lipinski definition) is 1. The van der Waals surface area contributed by atoms with Gasteiger partial charge >= 0.3 is 5.97 Å². The van der Waals surface area contributed by atoms with Gasteiger partial charge < -0.3 is 19.6 Å². The van der Waals surface area contributed by atoms with E-state index < -0.39 is 5.97 Å². The number of carbonyl (C=O) groups is 2. The van der Waals surface area contributed by atoms with E-state index in [0.717, 1.165) is 36.7 Å². The Morgan fingerprint density at radius 1 is 1.10 bits per heavy atom. The Morgan fingerprint density at radius 3 is 2.24 bits per heavy atom. The van der Waals surface area contributed by atoms with Crippen molar-refractivity contribution < 1.29 is 19.4 Å². The van der Waals surface area contributed by atoms with Gasteiger partial charge in [-0.15, -0.1) is 0 Å². The Labute approximate surface area is 123 Å². The maximum Gasteiger partial charge on any atom is 0.328 e. The van der Waals surface area contributed by atoms with Crippen LogP contribution >= 0.6 is 0 Å². The lowest BCUT2D eigenvalue weighted by Gasteiger charge is -2.35. The summed E-state index contributed by atoms with van der Waals surface area (Å²) < 4.78 is 5.12. The van der Waals surface area contributed by atoms with Crippen LogP contribution in [0.25, 0.3) is 0 Å². The number of carboxylic acids is 1. The second-order valence-corrected chi connectivity index (χ2v) is 4.68. The number of carbonyl (C=O) groups excluding carboxylic acids is 1. The van der Waals surface area contributed by atoms with Gasteiger partial charge in [0.15, 0.2) is 0 Å². The highest BCUT2D eigenvalue weighted by atomic mass is 16.5. The largest absolute Gasteiger partial charge is 0.497 e. The predicted octanol–water partition coefficient (Wildman–Crippen LogP) is 0.985. The van der Waals surface area contributed by atoms with Crippen LogP contribution in [-0.2, 0) is 9.59 Å². The molecule has 112 valence electrons. The molecule has 1 aliphatic rings. The number of piperazine rings is 1. The van der Waals surface area contributed by atoms with Gasteiger partial charge in [0.1, 0.15) is 5.75 Å². The van der Waals surface area contributed by atoms with Gasteiger partial charge in [-0.2, -0.15) is 0 Å². The van der Waals surface area contributed by atoms with E-state index in [-0.39, 0.29) is 5.91 Å². The molecule has 6 heteroatoms. The third-order valence-corrected chi connectivity index (χ3v) is 3.40. The van der Waals surface area contributed by atoms with Crippen molar-refractivity contribution in [3.05, 3.63) is 36.4 Å². The van der Waals surface area contributed by atoms with Crippen molar-refractivity contribution in [2.24, 2.45) is 0 Å². The molecule has 1 aromatic carbocycles. The third-order valence-electron chi connectivity index (χ3n) is 3.40. The fraction of sp³-hybridized carbons (Fsp3) is 0.333. The zero-order chi connectivity index (χ0) is 15.2. The summed E-state index contributed by atoms with van der Waals surface area (Å²) in [6.07, 6.45) is 1.98. The molecule has 1 saturated heterocycles. The monoisotopic (exact) mass is 290 g/mol. The van der Waals surface area contributed by atoms with Gasteiger partial charge in [0, 0.05) is 44.0 Å². The lowest BCUT2D eigenvalue weighted by Crippen LogP contribution is -2.48. The zero-order valence-electron chi connectivity index (χ0n) is 11.9. The zero-order valence-corrected chi connectivity index (χ0v) is 11.9. The molecule has 2 rings (SSSR count). The summed E-state index contributed by atoms with van der Waals surface area (Å²) in [5.41, 5.74) is 1.09. The van der Waals surface area contributed by atoms with Crippen LogP contribution in [0.4, 0.5) is 5.69 Å². The smallest absolute Gasteiger partial charge is 0.328 e. The van der Waals surface area contributed by atoms with Gasteiger partial charge in [-0.05, 0) is 24.3 Å². The number of amides is 1. The number of carboxylic acid groups (broad SMARTS) is 1. The third kappa shape index (κ3) is 3.98. The van der Waals surface area contributed by atoms with Gasteiger partial charge in [0.25, 0.3) is 0 Å². The maximum atomic E-state index is 11.8. The van der Waals surface area contributed by atoms with Crippen LogP contribution in [0.3, 0.4) is 0 Å². The minimum absolute atomic E-state index is 0.258. The van der Waals surface area contributed by atoms with E-state index in [2.05, 4.69) is 4.90 Å². The molecule has 1 amide bonds. The molecular formula is C15H18N2O4. The van der Waals surface area contributed by atoms with E-state index in [4.69, 9.17) is 9.84 Å². The van der Waals surface area contributed by atoms with Crippen molar-refractivity contribution in [2.45, 2.75) is 0 Å². The number of hydrogen-bond acceptors (Lipinski definition) is 4. The van der Waals surface area contributed by atoms with Crippen LogP contribution in [0.1, 0.15) is 0 Å². The molecule has 0 radical (unpaired) electrons. The molecule has 0 atom stereocenters. The van der Waals surface area contributed by atoms with Crippen molar-refractivity contribution >= 4 is 17.6 Å². The second kappa shape index (κ2) is 6.78. The summed E-state index contributed by atoms with van der Waals surface area (Å²) in [6, 6.07) is 7.78.